The minimum Gasteiger partial charge on any atom is -0.428 e. The van der Waals surface area contributed by atoms with Crippen LogP contribution in [0.15, 0.2) is 23.2 Å². The first-order valence-electron chi connectivity index (χ1n) is 9.89. The Labute approximate surface area is 173 Å². The molecule has 1 aromatic rings. The van der Waals surface area contributed by atoms with Crippen molar-refractivity contribution in [3.8, 4) is 0 Å². The van der Waals surface area contributed by atoms with E-state index in [9.17, 15) is 4.39 Å². The highest BCUT2D eigenvalue weighted by atomic mass is 32.1. The Morgan fingerprint density at radius 2 is 1.74 bits per heavy atom. The van der Waals surface area contributed by atoms with E-state index in [2.05, 4.69) is 79.3 Å². The molecule has 2 nitrogen and oxygen atoms in total. The molecular weight excluding hydrogens is 356 g/mol. The third-order valence-corrected chi connectivity index (χ3v) is 5.36. The number of aliphatic imine (C=N–C) groups is 1. The molecule has 0 saturated heterocycles. The lowest BCUT2D eigenvalue weighted by molar-refractivity contribution is 0.0854. The average molecular weight is 394 g/mol. The van der Waals surface area contributed by atoms with E-state index >= 15 is 0 Å². The summed E-state index contributed by atoms with van der Waals surface area (Å²) in [4.78, 5) is 4.92. The topological polar surface area (TPSA) is 21.6 Å². The van der Waals surface area contributed by atoms with Gasteiger partial charge in [0.05, 0.1) is 18.5 Å². The number of nitrogens with zero attached hydrogens (tertiary/aromatic N) is 1. The zero-order chi connectivity index (χ0) is 21.1. The van der Waals surface area contributed by atoms with Gasteiger partial charge in [0.25, 0.3) is 0 Å². The molecule has 0 atom stereocenters. The molecule has 0 amide bonds. The monoisotopic (exact) mass is 394 g/mol. The first kappa shape index (κ1) is 26.2. The smallest absolute Gasteiger partial charge is 0.330 e. The van der Waals surface area contributed by atoms with Gasteiger partial charge in [-0.05, 0) is 65.5 Å². The summed E-state index contributed by atoms with van der Waals surface area (Å²) in [7, 11) is 2.34. The number of halogens is 1. The van der Waals surface area contributed by atoms with Crippen LogP contribution in [0.5, 0.6) is 0 Å². The van der Waals surface area contributed by atoms with Crippen LogP contribution < -0.4 is 5.46 Å². The van der Waals surface area contributed by atoms with Gasteiger partial charge in [0.1, 0.15) is 0 Å². The fourth-order valence-electron chi connectivity index (χ4n) is 2.31. The molecule has 0 bridgehead atoms. The van der Waals surface area contributed by atoms with E-state index in [1.165, 1.54) is 24.1 Å². The Hall–Kier alpha value is -0.805. The summed E-state index contributed by atoms with van der Waals surface area (Å²) in [5.41, 5.74) is 4.29. The molecule has 0 heterocycles. The first-order valence-corrected chi connectivity index (χ1v) is 10.3. The predicted octanol–water partition coefficient (Wildman–Crippen LogP) is 6.39. The minimum atomic E-state index is -0.352. The molecular formula is C22H38BFNOS. The molecule has 27 heavy (non-hydrogen) atoms. The molecule has 0 fully saturated rings. The number of thiol groups is 1. The maximum absolute atomic E-state index is 9.50. The van der Waals surface area contributed by atoms with Crippen molar-refractivity contribution in [1.29, 1.82) is 0 Å². The number of unbranched alkanes of at least 4 members (excludes halogenated alkanes) is 1. The Bertz CT molecular complexity index is 582. The quantitative estimate of drug-likeness (QED) is 0.277. The normalized spacial score (nSPS) is 12.4. The number of aryl methyl sites for hydroxylation is 1. The first-order chi connectivity index (χ1) is 12.6. The zero-order valence-electron chi connectivity index (χ0n) is 18.5. The van der Waals surface area contributed by atoms with E-state index < -0.39 is 0 Å². The van der Waals surface area contributed by atoms with Crippen LogP contribution in [0.25, 0.3) is 0 Å². The summed E-state index contributed by atoms with van der Waals surface area (Å²) >= 11 is 4.64. The van der Waals surface area contributed by atoms with Crippen LogP contribution in [0.2, 0.25) is 0 Å². The lowest BCUT2D eigenvalue weighted by atomic mass is 9.83. The molecule has 5 heteroatoms. The van der Waals surface area contributed by atoms with Crippen molar-refractivity contribution >= 4 is 37.0 Å². The molecule has 0 unspecified atom stereocenters. The molecule has 0 aliphatic rings. The number of hydrogen-bond donors (Lipinski definition) is 1. The molecule has 0 aliphatic carbocycles. The summed E-state index contributed by atoms with van der Waals surface area (Å²) in [5, 5.41) is 0. The highest BCUT2D eigenvalue weighted by Gasteiger charge is 2.34. The van der Waals surface area contributed by atoms with Gasteiger partial charge in [-0.3, -0.25) is 9.38 Å². The van der Waals surface area contributed by atoms with Gasteiger partial charge in [0.15, 0.2) is 0 Å². The number of benzene rings is 1. The summed E-state index contributed by atoms with van der Waals surface area (Å²) in [5.74, 6) is 0. The Balaban J connectivity index is 0.00000326. The molecule has 0 aromatic heterocycles. The Morgan fingerprint density at radius 3 is 2.22 bits per heavy atom. The third kappa shape index (κ3) is 9.29. The van der Waals surface area contributed by atoms with E-state index in [-0.39, 0.29) is 10.3 Å². The average Bonchev–Trinajstić information content (AvgIpc) is 2.61. The lowest BCUT2D eigenvalue weighted by Gasteiger charge is -2.38. The molecule has 1 rings (SSSR count). The predicted molar refractivity (Wildman–Crippen MR) is 123 cm³/mol. The van der Waals surface area contributed by atoms with Crippen molar-refractivity contribution in [3.63, 3.8) is 0 Å². The van der Waals surface area contributed by atoms with Crippen LogP contribution in [0.3, 0.4) is 0 Å². The SMILES string of the molecule is CCCCC(CCC)=Nc1ccc([B]OC(C)(C)C(C)(C)S)cc1C.CF. The zero-order valence-corrected chi connectivity index (χ0v) is 19.4. The Morgan fingerprint density at radius 1 is 1.11 bits per heavy atom. The molecule has 0 spiro atoms. The number of rotatable bonds is 10. The standard InChI is InChI=1S/C21H35BNOS.CH3F/c1-8-10-12-18(11-9-2)23-19-14-13-17(15-16(19)3)22-24-20(4,5)21(6,7)25;1-2/h13-15,25H,8-12H2,1-7H3;1H3. The van der Waals surface area contributed by atoms with Gasteiger partial charge in [0.2, 0.25) is 0 Å². The summed E-state index contributed by atoms with van der Waals surface area (Å²) in [6.45, 7) is 14.8. The second-order valence-electron chi connectivity index (χ2n) is 7.88. The van der Waals surface area contributed by atoms with E-state index in [1.54, 1.807) is 0 Å². The molecule has 1 aromatic carbocycles. The van der Waals surface area contributed by atoms with Crippen molar-refractivity contribution in [1.82, 2.24) is 0 Å². The van der Waals surface area contributed by atoms with E-state index in [0.29, 0.717) is 7.18 Å². The van der Waals surface area contributed by atoms with Crippen LogP contribution >= 0.6 is 12.6 Å². The van der Waals surface area contributed by atoms with Gasteiger partial charge in [-0.25, -0.2) is 0 Å². The minimum absolute atomic E-state index is 0.225. The van der Waals surface area contributed by atoms with Gasteiger partial charge < -0.3 is 4.65 Å². The molecule has 0 aliphatic heterocycles. The van der Waals surface area contributed by atoms with Crippen LogP contribution in [0, 0.1) is 6.92 Å². The van der Waals surface area contributed by atoms with Crippen LogP contribution in [0.1, 0.15) is 79.2 Å². The number of alkyl halides is 1. The third-order valence-electron chi connectivity index (χ3n) is 4.82. The second-order valence-corrected chi connectivity index (χ2v) is 9.00. The fourth-order valence-corrected chi connectivity index (χ4v) is 2.37. The lowest BCUT2D eigenvalue weighted by Crippen LogP contribution is -2.45. The Kier molecular flexibility index (Phi) is 12.2. The highest BCUT2D eigenvalue weighted by Crippen LogP contribution is 2.30. The van der Waals surface area contributed by atoms with E-state index in [4.69, 9.17) is 9.65 Å². The van der Waals surface area contributed by atoms with Crippen LogP contribution in [0.4, 0.5) is 10.1 Å². The van der Waals surface area contributed by atoms with Gasteiger partial charge >= 0.3 is 7.48 Å². The van der Waals surface area contributed by atoms with Gasteiger partial charge in [-0.2, -0.15) is 12.6 Å². The maximum atomic E-state index is 9.50. The highest BCUT2D eigenvalue weighted by molar-refractivity contribution is 7.81. The fraction of sp³-hybridized carbons (Fsp3) is 0.682. The van der Waals surface area contributed by atoms with E-state index in [1.807, 2.05) is 7.48 Å². The maximum Gasteiger partial charge on any atom is 0.330 e. The molecule has 0 N–H and O–H groups in total. The summed E-state index contributed by atoms with van der Waals surface area (Å²) in [6, 6.07) is 6.33. The molecule has 153 valence electrons. The van der Waals surface area contributed by atoms with Gasteiger partial charge in [0, 0.05) is 10.5 Å². The van der Waals surface area contributed by atoms with Crippen molar-refractivity contribution < 1.29 is 9.04 Å². The molecule has 1 radical (unpaired) electrons. The van der Waals surface area contributed by atoms with Crippen molar-refractivity contribution in [2.75, 3.05) is 7.18 Å². The van der Waals surface area contributed by atoms with Crippen LogP contribution in [-0.2, 0) is 4.65 Å². The largest absolute Gasteiger partial charge is 0.428 e. The summed E-state index contributed by atoms with van der Waals surface area (Å²) < 4.78 is 15.3. The van der Waals surface area contributed by atoms with Crippen molar-refractivity contribution in [3.05, 3.63) is 23.8 Å². The second kappa shape index (κ2) is 12.6. The van der Waals surface area contributed by atoms with Crippen molar-refractivity contribution in [2.24, 2.45) is 4.99 Å². The number of hydrogen-bond acceptors (Lipinski definition) is 3. The van der Waals surface area contributed by atoms with Gasteiger partial charge in [-0.1, -0.05) is 44.3 Å². The summed E-state index contributed by atoms with van der Waals surface area (Å²) in [6.07, 6.45) is 5.76. The van der Waals surface area contributed by atoms with Gasteiger partial charge in [-0.15, -0.1) is 0 Å². The molecule has 0 saturated carbocycles. The van der Waals surface area contributed by atoms with Crippen molar-refractivity contribution in [2.45, 2.75) is 90.9 Å². The van der Waals surface area contributed by atoms with E-state index in [0.717, 1.165) is 30.4 Å². The van der Waals surface area contributed by atoms with Crippen LogP contribution in [-0.4, -0.2) is 30.7 Å².